The third kappa shape index (κ3) is 8.85. The molecule has 0 saturated carbocycles. The molecule has 7 rings (SSSR count). The molecule has 0 aliphatic carbocycles. The number of nitrogens with one attached hydrogen (secondary N) is 6. The van der Waals surface area contributed by atoms with Gasteiger partial charge in [0.05, 0.1) is 19.1 Å². The number of H-pyrrole nitrogens is 2. The fraction of sp³-hybridized carbons (Fsp3) is 0.275. The lowest BCUT2D eigenvalue weighted by atomic mass is 10.0. The smallest absolute Gasteiger partial charge is 0.136 e. The Balaban J connectivity index is 0.000000213. The molecule has 6 aromatic rings. The summed E-state index contributed by atoms with van der Waals surface area (Å²) in [6.45, 7) is 4.10. The van der Waals surface area contributed by atoms with Crippen LogP contribution >= 0.6 is 0 Å². The van der Waals surface area contributed by atoms with Gasteiger partial charge in [0, 0.05) is 40.6 Å². The molecule has 1 saturated heterocycles. The summed E-state index contributed by atoms with van der Waals surface area (Å²) in [5, 5.41) is 28.3. The van der Waals surface area contributed by atoms with E-state index in [0.29, 0.717) is 31.2 Å². The van der Waals surface area contributed by atoms with Gasteiger partial charge in [-0.05, 0) is 85.8 Å². The summed E-state index contributed by atoms with van der Waals surface area (Å²) in [6, 6.07) is 31.4. The van der Waals surface area contributed by atoms with Crippen LogP contribution in [0.5, 0.6) is 0 Å². The first kappa shape index (κ1) is 34.3. The molecule has 8 heteroatoms. The van der Waals surface area contributed by atoms with Crippen molar-refractivity contribution in [2.24, 2.45) is 0 Å². The molecule has 1 atom stereocenters. The summed E-state index contributed by atoms with van der Waals surface area (Å²) < 4.78 is 0. The highest BCUT2D eigenvalue weighted by Gasteiger charge is 2.17. The number of fused-ring (bicyclic) bond motifs is 3. The van der Waals surface area contributed by atoms with E-state index in [1.807, 2.05) is 42.4 Å². The van der Waals surface area contributed by atoms with Gasteiger partial charge in [-0.25, -0.2) is 0 Å². The molecule has 0 radical (unpaired) electrons. The number of nitrogens with zero attached hydrogens (tertiary/aromatic N) is 1. The highest BCUT2D eigenvalue weighted by Crippen LogP contribution is 2.22. The van der Waals surface area contributed by atoms with Gasteiger partial charge in [-0.1, -0.05) is 78.9 Å². The van der Waals surface area contributed by atoms with Gasteiger partial charge in [-0.15, -0.1) is 0 Å². The van der Waals surface area contributed by atoms with Crippen LogP contribution in [0.25, 0.3) is 32.6 Å². The molecule has 6 N–H and O–H groups in total. The van der Waals surface area contributed by atoms with E-state index in [0.717, 1.165) is 49.6 Å². The lowest BCUT2D eigenvalue weighted by molar-refractivity contribution is -0.109. The Labute approximate surface area is 283 Å². The van der Waals surface area contributed by atoms with Crippen LogP contribution in [0.15, 0.2) is 103 Å². The number of hydrogen-bond donors (Lipinski definition) is 6. The Hall–Kier alpha value is -5.05. The minimum atomic E-state index is 0.167. The Bertz CT molecular complexity index is 1940. The van der Waals surface area contributed by atoms with Crippen molar-refractivity contribution in [2.45, 2.75) is 51.6 Å². The van der Waals surface area contributed by atoms with Crippen molar-refractivity contribution in [1.29, 1.82) is 10.8 Å². The van der Waals surface area contributed by atoms with Crippen molar-refractivity contribution in [3.8, 4) is 0 Å². The van der Waals surface area contributed by atoms with E-state index in [4.69, 9.17) is 10.8 Å². The van der Waals surface area contributed by atoms with Gasteiger partial charge < -0.3 is 30.3 Å². The average molecular weight is 642 g/mol. The number of aldehydes is 1. The fourth-order valence-corrected chi connectivity index (χ4v) is 6.18. The van der Waals surface area contributed by atoms with E-state index >= 15 is 0 Å². The first-order valence-corrected chi connectivity index (χ1v) is 16.8. The van der Waals surface area contributed by atoms with E-state index in [-0.39, 0.29) is 6.04 Å². The van der Waals surface area contributed by atoms with Crippen molar-refractivity contribution in [3.63, 3.8) is 0 Å². The molecule has 0 bridgehead atoms. The molecule has 2 aromatic heterocycles. The van der Waals surface area contributed by atoms with Crippen molar-refractivity contribution in [3.05, 3.63) is 120 Å². The molecule has 48 heavy (non-hydrogen) atoms. The number of likely N-dealkylation sites (N-methyl/N-ethyl adjacent to an activating group) is 1. The van der Waals surface area contributed by atoms with Gasteiger partial charge in [0.1, 0.15) is 18.0 Å². The van der Waals surface area contributed by atoms with Crippen LogP contribution < -0.4 is 10.6 Å². The second-order valence-corrected chi connectivity index (χ2v) is 12.2. The quantitative estimate of drug-likeness (QED) is 0.0549. The summed E-state index contributed by atoms with van der Waals surface area (Å²) in [5.74, 6) is 0.917. The van der Waals surface area contributed by atoms with E-state index < -0.39 is 0 Å². The predicted octanol–water partition coefficient (Wildman–Crippen LogP) is 7.73. The largest absolute Gasteiger partial charge is 0.361 e. The van der Waals surface area contributed by atoms with Gasteiger partial charge >= 0.3 is 0 Å². The number of carbonyl (C=O) groups excluding carboxylic acids is 1. The maximum atomic E-state index is 9.94. The zero-order valence-electron chi connectivity index (χ0n) is 28.0. The number of amidine groups is 2. The number of benzene rings is 4. The molecule has 3 heterocycles. The van der Waals surface area contributed by atoms with E-state index in [2.05, 4.69) is 100 Å². The predicted molar refractivity (Wildman–Crippen MR) is 200 cm³/mol. The third-order valence-corrected chi connectivity index (χ3v) is 8.80. The third-order valence-electron chi connectivity index (χ3n) is 8.80. The number of aromatic amines is 2. The number of aryl methyl sites for hydroxylation is 2. The molecule has 8 nitrogen and oxygen atoms in total. The lowest BCUT2D eigenvalue weighted by Crippen LogP contribution is -2.40. The fourth-order valence-electron chi connectivity index (χ4n) is 6.18. The monoisotopic (exact) mass is 641 g/mol. The van der Waals surface area contributed by atoms with E-state index in [9.17, 15) is 4.79 Å². The van der Waals surface area contributed by atoms with Crippen LogP contribution in [0.1, 0.15) is 42.4 Å². The van der Waals surface area contributed by atoms with Crippen LogP contribution in [-0.2, 0) is 17.8 Å². The lowest BCUT2D eigenvalue weighted by Gasteiger charge is -2.26. The van der Waals surface area contributed by atoms with Crippen LogP contribution in [-0.4, -0.2) is 59.0 Å². The summed E-state index contributed by atoms with van der Waals surface area (Å²) in [6.07, 6.45) is 9.69. The number of rotatable bonds is 9. The molecule has 1 unspecified atom stereocenters. The molecular weight excluding hydrogens is 594 g/mol. The van der Waals surface area contributed by atoms with Crippen LogP contribution in [0.3, 0.4) is 0 Å². The molecule has 248 valence electrons. The van der Waals surface area contributed by atoms with Crippen molar-refractivity contribution >= 4 is 50.5 Å². The van der Waals surface area contributed by atoms with Gasteiger partial charge in [-0.2, -0.15) is 0 Å². The molecule has 0 spiro atoms. The normalized spacial score (nSPS) is 13.8. The Morgan fingerprint density at radius 3 is 2.19 bits per heavy atom. The topological polar surface area (TPSA) is 124 Å². The zero-order valence-corrected chi connectivity index (χ0v) is 28.0. The van der Waals surface area contributed by atoms with E-state index in [1.54, 1.807) is 0 Å². The van der Waals surface area contributed by atoms with Crippen LogP contribution in [0, 0.1) is 17.7 Å². The standard InChI is InChI=1S/C26H29N5.C9H9N.C5H9NO/c1-29-17-26(28)31(18-21-11-6-9-19-8-2-3-12-22(19)21)25(27)15-7-10-20-16-30-24-14-5-4-13-23(20)24;1-7-6-10-9-5-3-2-4-8(7)9;7-4-5-2-1-3-6-5/h2-6,8-9,11-14,16,27-30H,7,10,15,17-18H2,1H3;2-6,10H,1H3;4-6H,1-3H2. The van der Waals surface area contributed by atoms with Gasteiger partial charge in [0.25, 0.3) is 0 Å². The number of hydrogen-bond acceptors (Lipinski definition) is 5. The highest BCUT2D eigenvalue weighted by molar-refractivity contribution is 5.99. The zero-order chi connectivity index (χ0) is 33.7. The highest BCUT2D eigenvalue weighted by atomic mass is 16.1. The van der Waals surface area contributed by atoms with E-state index in [1.165, 1.54) is 38.2 Å². The first-order valence-electron chi connectivity index (χ1n) is 16.8. The molecule has 4 aromatic carbocycles. The Morgan fingerprint density at radius 1 is 0.833 bits per heavy atom. The van der Waals surface area contributed by atoms with Crippen LogP contribution in [0.2, 0.25) is 0 Å². The maximum absolute atomic E-state index is 9.94. The minimum Gasteiger partial charge on any atom is -0.361 e. The second kappa shape index (κ2) is 17.2. The SMILES string of the molecule is CNCC(=N)N(Cc1cccc2ccccc12)C(=N)CCCc1c[nH]c2ccccc12.Cc1c[nH]c2ccccc12.O=CC1CCCN1. The number of para-hydroxylation sites is 2. The molecule has 1 aliphatic rings. The Morgan fingerprint density at radius 2 is 1.50 bits per heavy atom. The summed E-state index contributed by atoms with van der Waals surface area (Å²) >= 11 is 0. The van der Waals surface area contributed by atoms with Crippen LogP contribution in [0.4, 0.5) is 0 Å². The minimum absolute atomic E-state index is 0.167. The van der Waals surface area contributed by atoms with Gasteiger partial charge in [0.15, 0.2) is 0 Å². The number of carbonyl (C=O) groups is 1. The average Bonchev–Trinajstić information content (AvgIpc) is 3.89. The maximum Gasteiger partial charge on any atom is 0.136 e. The molecule has 1 fully saturated rings. The summed E-state index contributed by atoms with van der Waals surface area (Å²) in [7, 11) is 1.84. The van der Waals surface area contributed by atoms with Crippen molar-refractivity contribution in [1.82, 2.24) is 25.5 Å². The summed E-state index contributed by atoms with van der Waals surface area (Å²) in [4.78, 5) is 18.3. The molecule has 1 aliphatic heterocycles. The van der Waals surface area contributed by atoms with Crippen molar-refractivity contribution in [2.75, 3.05) is 20.1 Å². The number of aromatic nitrogens is 2. The molecular formula is C40H47N7O. The summed E-state index contributed by atoms with van der Waals surface area (Å²) in [5.41, 5.74) is 6.12. The van der Waals surface area contributed by atoms with Gasteiger partial charge in [0.2, 0.25) is 0 Å². The molecule has 0 amide bonds. The first-order chi connectivity index (χ1) is 23.5. The van der Waals surface area contributed by atoms with Gasteiger partial charge in [-0.3, -0.25) is 10.8 Å². The second-order valence-electron chi connectivity index (χ2n) is 12.2. The van der Waals surface area contributed by atoms with Crippen molar-refractivity contribution < 1.29 is 4.79 Å². The Kier molecular flexibility index (Phi) is 12.3.